The summed E-state index contributed by atoms with van der Waals surface area (Å²) in [6.07, 6.45) is -2.08. The summed E-state index contributed by atoms with van der Waals surface area (Å²) in [5.41, 5.74) is -1.75. The summed E-state index contributed by atoms with van der Waals surface area (Å²) in [6, 6.07) is 10.5. The number of alkyl halides is 3. The van der Waals surface area contributed by atoms with Gasteiger partial charge in [-0.1, -0.05) is 6.07 Å². The van der Waals surface area contributed by atoms with E-state index in [0.717, 1.165) is 28.6 Å². The molecule has 0 atom stereocenters. The van der Waals surface area contributed by atoms with E-state index in [4.69, 9.17) is 9.79 Å². The Labute approximate surface area is 216 Å². The zero-order valence-corrected chi connectivity index (χ0v) is 20.7. The highest BCUT2D eigenvalue weighted by Gasteiger charge is 2.31. The number of nitrogens with zero attached hydrogens (tertiary/aromatic N) is 5. The van der Waals surface area contributed by atoms with E-state index in [1.807, 2.05) is 0 Å². The third kappa shape index (κ3) is 5.10. The van der Waals surface area contributed by atoms with Crippen molar-refractivity contribution in [3.05, 3.63) is 93.0 Å². The summed E-state index contributed by atoms with van der Waals surface area (Å²) in [7, 11) is -5.12. The number of rotatable bonds is 5. The molecule has 0 fully saturated rings. The van der Waals surface area contributed by atoms with Crippen molar-refractivity contribution in [1.82, 2.24) is 24.1 Å². The van der Waals surface area contributed by atoms with Crippen LogP contribution in [0, 0.1) is 6.92 Å². The van der Waals surface area contributed by atoms with Crippen LogP contribution in [-0.2, 0) is 22.0 Å². The lowest BCUT2D eigenvalue weighted by Gasteiger charge is -2.17. The molecule has 0 aliphatic rings. The van der Waals surface area contributed by atoms with E-state index in [1.54, 1.807) is 37.4 Å². The number of phosphoric acid groups is 1. The summed E-state index contributed by atoms with van der Waals surface area (Å²) in [6.45, 7) is 0.626. The van der Waals surface area contributed by atoms with Gasteiger partial charge in [-0.2, -0.15) is 13.2 Å². The molecule has 0 unspecified atom stereocenters. The predicted octanol–water partition coefficient (Wildman–Crippen LogP) is 3.55. The average Bonchev–Trinajstić information content (AvgIpc) is 2.88. The van der Waals surface area contributed by atoms with Gasteiger partial charge < -0.3 is 9.79 Å². The Kier molecular flexibility index (Phi) is 6.43. The number of pyridine rings is 3. The van der Waals surface area contributed by atoms with Gasteiger partial charge in [-0.25, -0.2) is 18.9 Å². The number of aryl methyl sites for hydroxylation is 1. The second kappa shape index (κ2) is 9.50. The first-order chi connectivity index (χ1) is 18.3. The average molecular weight is 559 g/mol. The monoisotopic (exact) mass is 559 g/mol. The molecule has 0 radical (unpaired) electrons. The van der Waals surface area contributed by atoms with E-state index >= 15 is 0 Å². The lowest BCUT2D eigenvalue weighted by Crippen LogP contribution is -2.40. The molecular weight excluding hydrogens is 542 g/mol. The molecule has 4 aromatic heterocycles. The molecule has 1 aromatic carbocycles. The Bertz CT molecular complexity index is 1920. The zero-order valence-electron chi connectivity index (χ0n) is 19.8. The number of aromatic nitrogens is 5. The van der Waals surface area contributed by atoms with E-state index < -0.39 is 37.5 Å². The van der Waals surface area contributed by atoms with Gasteiger partial charge in [0.15, 0.2) is 0 Å². The standard InChI is InChI=1S/C24H17F3N5O6P/c1-13-5-6-14(10-28-13)18-7-8-19-20(30-18)21-17(11-29-19)22(33)31(12-38-39(35,36)37)23(34)32(21)16-4-2-3-15(9-16)24(25,26)27/h2-11H,12H2,1H3,(H2,35,36,37). The molecular formula is C24H17F3N5O6P. The molecule has 0 bridgehead atoms. The summed E-state index contributed by atoms with van der Waals surface area (Å²) in [5.74, 6) is 0. The van der Waals surface area contributed by atoms with E-state index in [1.165, 1.54) is 6.07 Å². The highest BCUT2D eigenvalue weighted by Crippen LogP contribution is 2.36. The predicted molar refractivity (Wildman–Crippen MR) is 133 cm³/mol. The van der Waals surface area contributed by atoms with E-state index in [9.17, 15) is 27.3 Å². The summed E-state index contributed by atoms with van der Waals surface area (Å²) < 4.78 is 57.4. The third-order valence-electron chi connectivity index (χ3n) is 5.80. The van der Waals surface area contributed by atoms with Gasteiger partial charge in [-0.15, -0.1) is 0 Å². The summed E-state index contributed by atoms with van der Waals surface area (Å²) >= 11 is 0. The fraction of sp³-hybridized carbons (Fsp3) is 0.125. The molecule has 0 saturated carbocycles. The van der Waals surface area contributed by atoms with Gasteiger partial charge >= 0.3 is 19.7 Å². The Morgan fingerprint density at radius 3 is 2.46 bits per heavy atom. The SMILES string of the molecule is Cc1ccc(-c2ccc3ncc4c(=O)n(COP(=O)(O)O)c(=O)n(-c5cccc(C(F)(F)F)c5)c4c3n2)cn1. The molecule has 0 aliphatic heterocycles. The van der Waals surface area contributed by atoms with Gasteiger partial charge in [0.1, 0.15) is 12.2 Å². The van der Waals surface area contributed by atoms with E-state index in [2.05, 4.69) is 19.5 Å². The van der Waals surface area contributed by atoms with Crippen molar-refractivity contribution < 1.29 is 32.0 Å². The van der Waals surface area contributed by atoms with Gasteiger partial charge in [0.05, 0.1) is 33.4 Å². The molecule has 200 valence electrons. The number of hydrogen-bond donors (Lipinski definition) is 2. The van der Waals surface area contributed by atoms with Crippen molar-refractivity contribution in [3.63, 3.8) is 0 Å². The molecule has 5 rings (SSSR count). The van der Waals surface area contributed by atoms with Crippen LogP contribution in [0.3, 0.4) is 0 Å². The van der Waals surface area contributed by atoms with Crippen LogP contribution in [0.15, 0.2) is 70.5 Å². The molecule has 5 aromatic rings. The summed E-state index contributed by atoms with van der Waals surface area (Å²) in [5, 5.41) is -0.250. The van der Waals surface area contributed by atoms with Crippen molar-refractivity contribution in [2.45, 2.75) is 19.8 Å². The minimum atomic E-state index is -5.12. The normalized spacial score (nSPS) is 12.4. The van der Waals surface area contributed by atoms with Crippen LogP contribution in [0.4, 0.5) is 13.2 Å². The fourth-order valence-electron chi connectivity index (χ4n) is 3.97. The minimum absolute atomic E-state index is 0.0280. The second-order valence-electron chi connectivity index (χ2n) is 8.42. The van der Waals surface area contributed by atoms with Crippen LogP contribution >= 0.6 is 7.82 Å². The van der Waals surface area contributed by atoms with Crippen LogP contribution in [0.2, 0.25) is 0 Å². The number of hydrogen-bond acceptors (Lipinski definition) is 7. The molecule has 4 heterocycles. The molecule has 11 nitrogen and oxygen atoms in total. The minimum Gasteiger partial charge on any atom is -0.303 e. The second-order valence-corrected chi connectivity index (χ2v) is 9.66. The zero-order chi connectivity index (χ0) is 28.1. The molecule has 39 heavy (non-hydrogen) atoms. The Morgan fingerprint density at radius 1 is 1.03 bits per heavy atom. The van der Waals surface area contributed by atoms with E-state index in [0.29, 0.717) is 21.9 Å². The Hall–Kier alpha value is -4.23. The highest BCUT2D eigenvalue weighted by molar-refractivity contribution is 7.46. The first-order valence-electron chi connectivity index (χ1n) is 11.1. The topological polar surface area (TPSA) is 149 Å². The van der Waals surface area contributed by atoms with Gasteiger partial charge in [-0.05, 0) is 49.4 Å². The van der Waals surface area contributed by atoms with Crippen LogP contribution < -0.4 is 11.2 Å². The Morgan fingerprint density at radius 2 is 1.79 bits per heavy atom. The fourth-order valence-corrected chi connectivity index (χ4v) is 4.24. The number of halogens is 3. The van der Waals surface area contributed by atoms with Crippen LogP contribution in [-0.4, -0.2) is 33.9 Å². The van der Waals surface area contributed by atoms with Gasteiger partial charge in [-0.3, -0.25) is 23.9 Å². The van der Waals surface area contributed by atoms with Crippen molar-refractivity contribution >= 4 is 29.8 Å². The molecule has 0 aliphatic carbocycles. The molecule has 15 heteroatoms. The maximum absolute atomic E-state index is 13.6. The smallest absolute Gasteiger partial charge is 0.303 e. The first-order valence-corrected chi connectivity index (χ1v) is 12.6. The molecule has 0 amide bonds. The van der Waals surface area contributed by atoms with Gasteiger partial charge in [0, 0.05) is 23.7 Å². The maximum Gasteiger partial charge on any atom is 0.471 e. The van der Waals surface area contributed by atoms with E-state index in [-0.39, 0.29) is 27.6 Å². The lowest BCUT2D eigenvalue weighted by atomic mass is 10.1. The van der Waals surface area contributed by atoms with Gasteiger partial charge in [0.25, 0.3) is 5.56 Å². The van der Waals surface area contributed by atoms with Gasteiger partial charge in [0.2, 0.25) is 0 Å². The Balaban J connectivity index is 1.89. The third-order valence-corrected chi connectivity index (χ3v) is 6.25. The maximum atomic E-state index is 13.6. The first kappa shape index (κ1) is 26.4. The molecule has 2 N–H and O–H groups in total. The largest absolute Gasteiger partial charge is 0.471 e. The number of fused-ring (bicyclic) bond motifs is 3. The molecule has 0 spiro atoms. The number of benzene rings is 1. The number of phosphoric ester groups is 1. The summed E-state index contributed by atoms with van der Waals surface area (Å²) in [4.78, 5) is 58.0. The van der Waals surface area contributed by atoms with Crippen molar-refractivity contribution in [2.24, 2.45) is 0 Å². The highest BCUT2D eigenvalue weighted by atomic mass is 31.2. The van der Waals surface area contributed by atoms with Crippen molar-refractivity contribution in [3.8, 4) is 16.9 Å². The van der Waals surface area contributed by atoms with Crippen LogP contribution in [0.25, 0.3) is 38.9 Å². The van der Waals surface area contributed by atoms with Crippen LogP contribution in [0.1, 0.15) is 11.3 Å². The van der Waals surface area contributed by atoms with Crippen molar-refractivity contribution in [1.29, 1.82) is 0 Å². The lowest BCUT2D eigenvalue weighted by molar-refractivity contribution is -0.137. The molecule has 0 saturated heterocycles. The van der Waals surface area contributed by atoms with Crippen molar-refractivity contribution in [2.75, 3.05) is 0 Å². The van der Waals surface area contributed by atoms with Crippen LogP contribution in [0.5, 0.6) is 0 Å². The quantitative estimate of drug-likeness (QED) is 0.244.